The lowest BCUT2D eigenvalue weighted by Crippen LogP contribution is -2.31. The van der Waals surface area contributed by atoms with Gasteiger partial charge >= 0.3 is 5.76 Å². The molecule has 4 aromatic rings. The number of rotatable bonds is 5. The van der Waals surface area contributed by atoms with Gasteiger partial charge in [0.2, 0.25) is 11.8 Å². The predicted molar refractivity (Wildman–Crippen MR) is 93.2 cm³/mol. The second-order valence-corrected chi connectivity index (χ2v) is 5.81. The monoisotopic (exact) mass is 367 g/mol. The molecule has 1 N–H and O–H groups in total. The van der Waals surface area contributed by atoms with Crippen molar-refractivity contribution >= 4 is 11.6 Å². The standard InChI is InChI=1S/C18H14FN5O3/c19-13-6-4-12(5-7-13)17-22-24(18(26)27-17)11-16(25)20-9-14-10-23-8-2-1-3-15(23)21-14/h1-8,10H,9,11H2,(H,20,25). The second-order valence-electron chi connectivity index (χ2n) is 5.81. The Morgan fingerprint density at radius 1 is 1.19 bits per heavy atom. The maximum atomic E-state index is 13.0. The van der Waals surface area contributed by atoms with Crippen LogP contribution in [0.4, 0.5) is 4.39 Å². The first-order valence-corrected chi connectivity index (χ1v) is 8.12. The molecule has 0 aliphatic carbocycles. The molecule has 27 heavy (non-hydrogen) atoms. The van der Waals surface area contributed by atoms with E-state index in [-0.39, 0.29) is 19.0 Å². The fourth-order valence-corrected chi connectivity index (χ4v) is 2.57. The number of hydrogen-bond acceptors (Lipinski definition) is 5. The highest BCUT2D eigenvalue weighted by Gasteiger charge is 2.13. The lowest BCUT2D eigenvalue weighted by atomic mass is 10.2. The first-order chi connectivity index (χ1) is 13.1. The summed E-state index contributed by atoms with van der Waals surface area (Å²) in [6.07, 6.45) is 3.67. The summed E-state index contributed by atoms with van der Waals surface area (Å²) >= 11 is 0. The van der Waals surface area contributed by atoms with Gasteiger partial charge in [0, 0.05) is 18.0 Å². The summed E-state index contributed by atoms with van der Waals surface area (Å²) in [5, 5.41) is 6.66. The molecule has 0 radical (unpaired) electrons. The van der Waals surface area contributed by atoms with Gasteiger partial charge in [-0.05, 0) is 36.4 Å². The molecule has 0 unspecified atom stereocenters. The van der Waals surface area contributed by atoms with Crippen LogP contribution in [0.2, 0.25) is 0 Å². The number of benzene rings is 1. The van der Waals surface area contributed by atoms with Gasteiger partial charge in [0.1, 0.15) is 18.0 Å². The van der Waals surface area contributed by atoms with Gasteiger partial charge < -0.3 is 14.1 Å². The molecular formula is C18H14FN5O3. The summed E-state index contributed by atoms with van der Waals surface area (Å²) < 4.78 is 20.8. The third-order valence-corrected chi connectivity index (χ3v) is 3.87. The zero-order valence-electron chi connectivity index (χ0n) is 14.0. The van der Waals surface area contributed by atoms with Crippen LogP contribution in [-0.2, 0) is 17.9 Å². The Balaban J connectivity index is 1.42. The van der Waals surface area contributed by atoms with Crippen molar-refractivity contribution in [3.05, 3.63) is 76.9 Å². The van der Waals surface area contributed by atoms with Gasteiger partial charge in [-0.2, -0.15) is 4.68 Å². The van der Waals surface area contributed by atoms with Crippen molar-refractivity contribution in [2.45, 2.75) is 13.1 Å². The smallest absolute Gasteiger partial charge is 0.388 e. The number of aromatic nitrogens is 4. The Bertz CT molecular complexity index is 1130. The Kier molecular flexibility index (Phi) is 4.25. The van der Waals surface area contributed by atoms with Crippen molar-refractivity contribution in [1.29, 1.82) is 0 Å². The maximum absolute atomic E-state index is 13.0. The normalized spacial score (nSPS) is 11.0. The number of nitrogens with zero attached hydrogens (tertiary/aromatic N) is 4. The first kappa shape index (κ1) is 16.7. The van der Waals surface area contributed by atoms with E-state index in [1.807, 2.05) is 35.0 Å². The first-order valence-electron chi connectivity index (χ1n) is 8.12. The summed E-state index contributed by atoms with van der Waals surface area (Å²) in [4.78, 5) is 28.4. The molecule has 136 valence electrons. The Morgan fingerprint density at radius 2 is 2.00 bits per heavy atom. The lowest BCUT2D eigenvalue weighted by Gasteiger charge is -2.01. The molecule has 0 fully saturated rings. The summed E-state index contributed by atoms with van der Waals surface area (Å²) in [6.45, 7) is -0.0746. The van der Waals surface area contributed by atoms with Gasteiger partial charge in [-0.15, -0.1) is 5.10 Å². The van der Waals surface area contributed by atoms with Gasteiger partial charge in [0.25, 0.3) is 0 Å². The number of hydrogen-bond donors (Lipinski definition) is 1. The van der Waals surface area contributed by atoms with Gasteiger partial charge in [0.15, 0.2) is 0 Å². The summed E-state index contributed by atoms with van der Waals surface area (Å²) in [7, 11) is 0. The Labute approximate surface area is 151 Å². The van der Waals surface area contributed by atoms with Crippen molar-refractivity contribution < 1.29 is 13.6 Å². The van der Waals surface area contributed by atoms with Gasteiger partial charge in [-0.25, -0.2) is 14.2 Å². The molecule has 0 spiro atoms. The predicted octanol–water partition coefficient (Wildman–Crippen LogP) is 1.61. The molecule has 1 amide bonds. The van der Waals surface area contributed by atoms with E-state index >= 15 is 0 Å². The van der Waals surface area contributed by atoms with Crippen LogP contribution < -0.4 is 11.1 Å². The van der Waals surface area contributed by atoms with Crippen molar-refractivity contribution in [3.63, 3.8) is 0 Å². The Hall–Kier alpha value is -3.75. The van der Waals surface area contributed by atoms with Crippen LogP contribution in [0.1, 0.15) is 5.69 Å². The summed E-state index contributed by atoms with van der Waals surface area (Å²) in [6, 6.07) is 11.0. The minimum Gasteiger partial charge on any atom is -0.388 e. The molecule has 3 aromatic heterocycles. The van der Waals surface area contributed by atoms with E-state index in [2.05, 4.69) is 15.4 Å². The van der Waals surface area contributed by atoms with Crippen LogP contribution in [0.25, 0.3) is 17.1 Å². The quantitative estimate of drug-likeness (QED) is 0.578. The minimum atomic E-state index is -0.766. The highest BCUT2D eigenvalue weighted by Crippen LogP contribution is 2.15. The number of carbonyl (C=O) groups is 1. The Morgan fingerprint density at radius 3 is 2.78 bits per heavy atom. The molecule has 0 saturated carbocycles. The minimum absolute atomic E-state index is 0.0214. The lowest BCUT2D eigenvalue weighted by molar-refractivity contribution is -0.122. The van der Waals surface area contributed by atoms with Gasteiger partial charge in [0.05, 0.1) is 12.2 Å². The van der Waals surface area contributed by atoms with Crippen molar-refractivity contribution in [1.82, 2.24) is 24.5 Å². The fourth-order valence-electron chi connectivity index (χ4n) is 2.57. The molecular weight excluding hydrogens is 353 g/mol. The van der Waals surface area contributed by atoms with Crippen molar-refractivity contribution in [3.8, 4) is 11.5 Å². The van der Waals surface area contributed by atoms with Crippen molar-refractivity contribution in [2.24, 2.45) is 0 Å². The topological polar surface area (TPSA) is 94.4 Å². The molecule has 8 nitrogen and oxygen atoms in total. The summed E-state index contributed by atoms with van der Waals surface area (Å²) in [5.74, 6) is -1.56. The number of fused-ring (bicyclic) bond motifs is 1. The van der Waals surface area contributed by atoms with Gasteiger partial charge in [-0.1, -0.05) is 6.07 Å². The third-order valence-electron chi connectivity index (χ3n) is 3.87. The van der Waals surface area contributed by atoms with Crippen LogP contribution in [0.3, 0.4) is 0 Å². The molecule has 0 bridgehead atoms. The van der Waals surface area contributed by atoms with E-state index in [9.17, 15) is 14.0 Å². The van der Waals surface area contributed by atoms with Gasteiger partial charge in [-0.3, -0.25) is 4.79 Å². The van der Waals surface area contributed by atoms with Crippen LogP contribution in [-0.4, -0.2) is 25.1 Å². The van der Waals surface area contributed by atoms with E-state index in [0.717, 1.165) is 10.3 Å². The van der Waals surface area contributed by atoms with E-state index in [1.165, 1.54) is 24.3 Å². The highest BCUT2D eigenvalue weighted by atomic mass is 19.1. The third kappa shape index (κ3) is 3.61. The number of imidazole rings is 1. The number of carbonyl (C=O) groups excluding carboxylic acids is 1. The number of nitrogens with one attached hydrogen (secondary N) is 1. The summed E-state index contributed by atoms with van der Waals surface area (Å²) in [5.41, 5.74) is 1.91. The molecule has 0 aliphatic rings. The number of amides is 1. The SMILES string of the molecule is O=C(Cn1nc(-c2ccc(F)cc2)oc1=O)NCc1cn2ccccc2n1. The zero-order chi connectivity index (χ0) is 18.8. The zero-order valence-corrected chi connectivity index (χ0v) is 14.0. The molecule has 4 rings (SSSR count). The maximum Gasteiger partial charge on any atom is 0.437 e. The van der Waals surface area contributed by atoms with E-state index in [4.69, 9.17) is 4.42 Å². The van der Waals surface area contributed by atoms with E-state index in [1.54, 1.807) is 0 Å². The highest BCUT2D eigenvalue weighted by molar-refractivity contribution is 5.75. The number of pyridine rings is 1. The second kappa shape index (κ2) is 6.87. The molecule has 0 saturated heterocycles. The van der Waals surface area contributed by atoms with E-state index in [0.29, 0.717) is 11.3 Å². The number of halogens is 1. The molecule has 1 aromatic carbocycles. The average molecular weight is 367 g/mol. The van der Waals surface area contributed by atoms with Crippen LogP contribution in [0.5, 0.6) is 0 Å². The molecule has 9 heteroatoms. The molecule has 0 atom stereocenters. The molecule has 0 aliphatic heterocycles. The molecule has 3 heterocycles. The fraction of sp³-hybridized carbons (Fsp3) is 0.111. The van der Waals surface area contributed by atoms with E-state index < -0.39 is 17.5 Å². The van der Waals surface area contributed by atoms with Crippen molar-refractivity contribution in [2.75, 3.05) is 0 Å². The van der Waals surface area contributed by atoms with Crippen LogP contribution >= 0.6 is 0 Å². The largest absolute Gasteiger partial charge is 0.437 e. The average Bonchev–Trinajstić information content (AvgIpc) is 3.24. The van der Waals surface area contributed by atoms with Crippen LogP contribution in [0, 0.1) is 5.82 Å². The van der Waals surface area contributed by atoms with Crippen LogP contribution in [0.15, 0.2) is 64.1 Å².